The van der Waals surface area contributed by atoms with Gasteiger partial charge >= 0.3 is 6.18 Å². The molecule has 2 N–H and O–H groups in total. The van der Waals surface area contributed by atoms with Gasteiger partial charge in [0.1, 0.15) is 5.75 Å². The van der Waals surface area contributed by atoms with Gasteiger partial charge in [0.05, 0.1) is 12.2 Å². The molecule has 29 heavy (non-hydrogen) atoms. The van der Waals surface area contributed by atoms with Crippen LogP contribution in [0.5, 0.6) is 5.75 Å². The standard InChI is InChI=1S/C19H19F3N2O4S/c1-14-6-8-15(9-7-14)10-11-29(26,27)23-12-18(25)24-16-4-2-3-5-17(16)28-13-19(20,21)22/h2-11,23H,12-13H2,1H3,(H,24,25). The van der Waals surface area contributed by atoms with E-state index < -0.39 is 35.3 Å². The van der Waals surface area contributed by atoms with Gasteiger partial charge in [0.15, 0.2) is 6.61 Å². The number of aryl methyl sites for hydroxylation is 1. The summed E-state index contributed by atoms with van der Waals surface area (Å²) < 4.78 is 67.6. The minimum Gasteiger partial charge on any atom is -0.482 e. The average Bonchev–Trinajstić information content (AvgIpc) is 2.65. The number of nitrogens with one attached hydrogen (secondary N) is 2. The number of carbonyl (C=O) groups excluding carboxylic acids is 1. The Morgan fingerprint density at radius 2 is 1.76 bits per heavy atom. The first-order valence-electron chi connectivity index (χ1n) is 8.37. The molecule has 0 aliphatic heterocycles. The molecule has 0 aromatic heterocycles. The molecule has 0 atom stereocenters. The number of ether oxygens (including phenoxy) is 1. The molecule has 2 rings (SSSR count). The van der Waals surface area contributed by atoms with Crippen LogP contribution in [0.15, 0.2) is 53.9 Å². The fraction of sp³-hybridized carbons (Fsp3) is 0.211. The van der Waals surface area contributed by atoms with E-state index in [0.717, 1.165) is 11.0 Å². The lowest BCUT2D eigenvalue weighted by Gasteiger charge is -2.13. The van der Waals surface area contributed by atoms with Crippen molar-refractivity contribution in [3.8, 4) is 5.75 Å². The molecule has 0 aliphatic carbocycles. The Morgan fingerprint density at radius 1 is 1.10 bits per heavy atom. The zero-order chi connectivity index (χ0) is 21.5. The highest BCUT2D eigenvalue weighted by atomic mass is 32.2. The van der Waals surface area contributed by atoms with Gasteiger partial charge in [-0.1, -0.05) is 42.0 Å². The molecule has 0 saturated carbocycles. The van der Waals surface area contributed by atoms with Crippen molar-refractivity contribution in [2.75, 3.05) is 18.5 Å². The van der Waals surface area contributed by atoms with Crippen molar-refractivity contribution in [2.45, 2.75) is 13.1 Å². The van der Waals surface area contributed by atoms with Gasteiger partial charge in [0.25, 0.3) is 0 Å². The maximum Gasteiger partial charge on any atom is 0.422 e. The van der Waals surface area contributed by atoms with E-state index in [0.29, 0.717) is 5.56 Å². The van der Waals surface area contributed by atoms with E-state index in [4.69, 9.17) is 0 Å². The molecule has 0 fully saturated rings. The Labute approximate surface area is 166 Å². The number of anilines is 1. The molecule has 1 amide bonds. The van der Waals surface area contributed by atoms with Crippen LogP contribution >= 0.6 is 0 Å². The topological polar surface area (TPSA) is 84.5 Å². The summed E-state index contributed by atoms with van der Waals surface area (Å²) in [6.07, 6.45) is -3.16. The third-order valence-electron chi connectivity index (χ3n) is 3.50. The lowest BCUT2D eigenvalue weighted by Crippen LogP contribution is -2.31. The molecule has 0 aliphatic rings. The second-order valence-electron chi connectivity index (χ2n) is 6.03. The molecule has 2 aromatic rings. The van der Waals surface area contributed by atoms with Crippen molar-refractivity contribution in [3.05, 3.63) is 65.1 Å². The van der Waals surface area contributed by atoms with Gasteiger partial charge in [-0.25, -0.2) is 13.1 Å². The molecule has 156 valence electrons. The van der Waals surface area contributed by atoms with E-state index in [-0.39, 0.29) is 11.4 Å². The van der Waals surface area contributed by atoms with E-state index in [1.54, 1.807) is 12.1 Å². The first kappa shape index (κ1) is 22.4. The third-order valence-corrected chi connectivity index (χ3v) is 4.54. The summed E-state index contributed by atoms with van der Waals surface area (Å²) >= 11 is 0. The van der Waals surface area contributed by atoms with E-state index in [1.165, 1.54) is 30.3 Å². The molecule has 0 heterocycles. The number of hydrogen-bond acceptors (Lipinski definition) is 4. The van der Waals surface area contributed by atoms with Crippen LogP contribution in [0.4, 0.5) is 18.9 Å². The van der Waals surface area contributed by atoms with Crippen LogP contribution in [0.3, 0.4) is 0 Å². The first-order valence-corrected chi connectivity index (χ1v) is 9.91. The minimum absolute atomic E-state index is 0.00357. The molecule has 0 radical (unpaired) electrons. The van der Waals surface area contributed by atoms with E-state index in [2.05, 4.69) is 14.8 Å². The third kappa shape index (κ3) is 8.36. The van der Waals surface area contributed by atoms with Crippen molar-refractivity contribution >= 4 is 27.7 Å². The molecular formula is C19H19F3N2O4S. The highest BCUT2D eigenvalue weighted by molar-refractivity contribution is 7.92. The van der Waals surface area contributed by atoms with Crippen LogP contribution in [-0.4, -0.2) is 33.7 Å². The minimum atomic E-state index is -4.53. The van der Waals surface area contributed by atoms with Gasteiger partial charge in [-0.2, -0.15) is 13.2 Å². The van der Waals surface area contributed by atoms with Crippen LogP contribution in [0, 0.1) is 6.92 Å². The molecule has 2 aromatic carbocycles. The number of hydrogen-bond donors (Lipinski definition) is 2. The second kappa shape index (κ2) is 9.57. The summed E-state index contributed by atoms with van der Waals surface area (Å²) in [4.78, 5) is 12.0. The summed E-state index contributed by atoms with van der Waals surface area (Å²) in [7, 11) is -3.89. The van der Waals surface area contributed by atoms with Gasteiger partial charge in [-0.15, -0.1) is 0 Å². The van der Waals surface area contributed by atoms with Gasteiger partial charge in [0, 0.05) is 5.41 Å². The Balaban J connectivity index is 1.93. The van der Waals surface area contributed by atoms with Gasteiger partial charge in [-0.3, -0.25) is 4.79 Å². The lowest BCUT2D eigenvalue weighted by molar-refractivity contribution is -0.153. The van der Waals surface area contributed by atoms with E-state index >= 15 is 0 Å². The zero-order valence-electron chi connectivity index (χ0n) is 15.4. The van der Waals surface area contributed by atoms with Gasteiger partial charge in [0.2, 0.25) is 15.9 Å². The molecule has 0 bridgehead atoms. The van der Waals surface area contributed by atoms with Crippen molar-refractivity contribution in [2.24, 2.45) is 0 Å². The Kier molecular flexibility index (Phi) is 7.40. The summed E-state index contributed by atoms with van der Waals surface area (Å²) in [6, 6.07) is 12.7. The first-order chi connectivity index (χ1) is 13.5. The van der Waals surface area contributed by atoms with E-state index in [1.807, 2.05) is 19.1 Å². The summed E-state index contributed by atoms with van der Waals surface area (Å²) in [5, 5.41) is 3.24. The predicted molar refractivity (Wildman–Crippen MR) is 104 cm³/mol. The molecule has 10 heteroatoms. The number of sulfonamides is 1. The summed E-state index contributed by atoms with van der Waals surface area (Å²) in [6.45, 7) is -0.221. The number of alkyl halides is 3. The van der Waals surface area contributed by atoms with Gasteiger partial charge in [-0.05, 0) is 30.7 Å². The Morgan fingerprint density at radius 3 is 2.41 bits per heavy atom. The number of para-hydroxylation sites is 2. The summed E-state index contributed by atoms with van der Waals surface area (Å²) in [5.74, 6) is -0.944. The molecule has 0 spiro atoms. The SMILES string of the molecule is Cc1ccc(C=CS(=O)(=O)NCC(=O)Nc2ccccc2OCC(F)(F)F)cc1. The summed E-state index contributed by atoms with van der Waals surface area (Å²) in [5.41, 5.74) is 1.69. The van der Waals surface area contributed by atoms with Crippen LogP contribution in [-0.2, 0) is 14.8 Å². The Hall–Kier alpha value is -2.85. The molecule has 0 unspecified atom stereocenters. The number of halogens is 3. The highest BCUT2D eigenvalue weighted by Crippen LogP contribution is 2.26. The predicted octanol–water partition coefficient (Wildman–Crippen LogP) is 3.46. The molecular weight excluding hydrogens is 409 g/mol. The maximum absolute atomic E-state index is 12.3. The van der Waals surface area contributed by atoms with Crippen molar-refractivity contribution in [3.63, 3.8) is 0 Å². The van der Waals surface area contributed by atoms with Crippen LogP contribution in [0.25, 0.3) is 6.08 Å². The molecule has 0 saturated heterocycles. The quantitative estimate of drug-likeness (QED) is 0.675. The lowest BCUT2D eigenvalue weighted by atomic mass is 10.2. The molecule has 6 nitrogen and oxygen atoms in total. The van der Waals surface area contributed by atoms with E-state index in [9.17, 15) is 26.4 Å². The number of rotatable bonds is 8. The average molecular weight is 428 g/mol. The second-order valence-corrected chi connectivity index (χ2v) is 7.68. The van der Waals surface area contributed by atoms with Gasteiger partial charge < -0.3 is 10.1 Å². The monoisotopic (exact) mass is 428 g/mol. The largest absolute Gasteiger partial charge is 0.482 e. The van der Waals surface area contributed by atoms with Crippen molar-refractivity contribution < 1.29 is 31.1 Å². The van der Waals surface area contributed by atoms with Crippen LogP contribution < -0.4 is 14.8 Å². The highest BCUT2D eigenvalue weighted by Gasteiger charge is 2.28. The smallest absolute Gasteiger partial charge is 0.422 e. The fourth-order valence-electron chi connectivity index (χ4n) is 2.11. The normalized spacial score (nSPS) is 12.1. The number of amides is 1. The van der Waals surface area contributed by atoms with Crippen LogP contribution in [0.1, 0.15) is 11.1 Å². The fourth-order valence-corrected chi connectivity index (χ4v) is 2.87. The Bertz CT molecular complexity index is 972. The number of carbonyl (C=O) groups is 1. The number of benzene rings is 2. The van der Waals surface area contributed by atoms with Crippen molar-refractivity contribution in [1.29, 1.82) is 0 Å². The van der Waals surface area contributed by atoms with Crippen molar-refractivity contribution in [1.82, 2.24) is 4.72 Å². The van der Waals surface area contributed by atoms with Crippen LogP contribution in [0.2, 0.25) is 0 Å². The zero-order valence-corrected chi connectivity index (χ0v) is 16.2. The maximum atomic E-state index is 12.3.